The maximum Gasteiger partial charge on any atom is 0.419 e. The van der Waals surface area contributed by atoms with E-state index in [1.165, 1.54) is 72.8 Å². The largest absolute Gasteiger partial charge is 0.419 e. The number of benzene rings is 8. The molecule has 0 aliphatic carbocycles. The van der Waals surface area contributed by atoms with E-state index in [-0.39, 0.29) is 127 Å². The molecule has 4 fully saturated rings. The van der Waals surface area contributed by atoms with Gasteiger partial charge < -0.3 is 34.9 Å². The van der Waals surface area contributed by atoms with Crippen molar-refractivity contribution in [3.8, 4) is 0 Å². The van der Waals surface area contributed by atoms with Gasteiger partial charge in [-0.3, -0.25) is 19.2 Å². The Morgan fingerprint density at radius 3 is 1.34 bits per heavy atom. The van der Waals surface area contributed by atoms with Crippen LogP contribution in [0.2, 0.25) is 0 Å². The fourth-order valence-corrected chi connectivity index (χ4v) is 17.9. The summed E-state index contributed by atoms with van der Waals surface area (Å²) in [6, 6.07) is 27.8. The molecule has 636 valence electrons. The first kappa shape index (κ1) is 98.0. The van der Waals surface area contributed by atoms with Crippen LogP contribution >= 0.6 is 56.4 Å². The molecule has 4 aliphatic heterocycles. The third kappa shape index (κ3) is 26.8. The highest BCUT2D eigenvalue weighted by atomic mass is 79.9. The van der Waals surface area contributed by atoms with Crippen molar-refractivity contribution >= 4 is 137 Å². The number of halogens is 11. The number of carbonyl (C=O) groups is 4. The van der Waals surface area contributed by atoms with Crippen molar-refractivity contribution in [1.29, 1.82) is 0 Å². The zero-order chi connectivity index (χ0) is 83.6. The number of rotatable bonds is 21. The van der Waals surface area contributed by atoms with E-state index in [0.717, 1.165) is 47.5 Å². The number of sulfone groups is 1. The van der Waals surface area contributed by atoms with Crippen LogP contribution in [-0.2, 0) is 77.6 Å². The first-order chi connectivity index (χ1) is 53.3. The molecule has 0 unspecified atom stereocenters. The number of ether oxygens (including phenoxy) is 4. The molecular weight excluding hydrogens is 1760 g/mol. The molecule has 40 heteroatoms. The molecule has 12 rings (SSSR count). The van der Waals surface area contributed by atoms with Crippen LogP contribution in [0.25, 0.3) is 0 Å². The minimum atomic E-state index is -4.92. The number of sulfonamides is 3. The average Bonchev–Trinajstić information content (AvgIpc) is 1.22. The Morgan fingerprint density at radius 2 is 0.863 bits per heavy atom. The summed E-state index contributed by atoms with van der Waals surface area (Å²) in [6.45, 7) is 12.9. The van der Waals surface area contributed by atoms with Gasteiger partial charge in [-0.15, -0.1) is 0 Å². The van der Waals surface area contributed by atoms with E-state index < -0.39 is 120 Å². The Kier molecular flexibility index (Phi) is 34.3. The molecule has 0 saturated carbocycles. The van der Waals surface area contributed by atoms with Crippen molar-refractivity contribution in [3.63, 3.8) is 0 Å². The van der Waals surface area contributed by atoms with E-state index in [9.17, 15) is 96.8 Å². The predicted molar refractivity (Wildman–Crippen MR) is 435 cm³/mol. The Bertz CT molecular complexity index is 5440. The van der Waals surface area contributed by atoms with Gasteiger partial charge in [-0.1, -0.05) is 31.2 Å². The molecule has 22 nitrogen and oxygen atoms in total. The van der Waals surface area contributed by atoms with Crippen molar-refractivity contribution < 1.29 is 116 Å². The number of anilines is 3. The number of aryl methyl sites for hydroxylation is 5. The lowest BCUT2D eigenvalue weighted by Gasteiger charge is -2.37. The van der Waals surface area contributed by atoms with Gasteiger partial charge in [0.2, 0.25) is 30.1 Å². The van der Waals surface area contributed by atoms with Gasteiger partial charge in [-0.25, -0.2) is 65.4 Å². The van der Waals surface area contributed by atoms with Crippen LogP contribution in [0.3, 0.4) is 0 Å². The number of amides is 3. The SMILES string of the molecule is Cc1cc(CC(=O)c2cc(F)cc(S(=O)(=O)N[C@H]3CCOC3)c2)ccc1F.Cc1cc(NC(=O)c2cc(S(=O)(=O)N[C@H]3CCOC3)ccc2Br)ccc1F.Cc1ccc(NC(=O)c2cc(S(=O)(=O)N[C@H]3CCOC3)ccc2C(F)(F)F)cc1C.Cc1ccc(S(=O)(=O)CC2(C)COC2)cc1C(=O)Nc1ccc(F)c(C(F)(F)F)c1.S.S.S. The molecule has 3 atom stereocenters. The molecule has 8 aromatic rings. The number of ketones is 1. The molecule has 0 aromatic heterocycles. The monoisotopic (exact) mass is 1840 g/mol. The second-order valence-corrected chi connectivity index (χ2v) is 35.6. The van der Waals surface area contributed by atoms with E-state index in [0.29, 0.717) is 115 Å². The summed E-state index contributed by atoms with van der Waals surface area (Å²) in [4.78, 5) is 49.5. The van der Waals surface area contributed by atoms with Gasteiger partial charge in [-0.2, -0.15) is 66.8 Å². The van der Waals surface area contributed by atoms with Gasteiger partial charge in [0.05, 0.1) is 80.6 Å². The van der Waals surface area contributed by atoms with Gasteiger partial charge in [0.15, 0.2) is 15.6 Å². The number of carbonyl (C=O) groups excluding carboxylic acids is 4. The summed E-state index contributed by atoms with van der Waals surface area (Å²) < 4.78 is 262. The maximum absolute atomic E-state index is 14.0. The Balaban J connectivity index is 0.000000241. The second-order valence-electron chi connectivity index (χ2n) is 27.6. The van der Waals surface area contributed by atoms with E-state index in [2.05, 4.69) is 46.0 Å². The minimum absolute atomic E-state index is 0. The van der Waals surface area contributed by atoms with Crippen LogP contribution in [-0.4, -0.2) is 134 Å². The highest BCUT2D eigenvalue weighted by molar-refractivity contribution is 9.10. The van der Waals surface area contributed by atoms with Crippen LogP contribution < -0.4 is 30.1 Å². The lowest BCUT2D eigenvalue weighted by atomic mass is 9.92. The van der Waals surface area contributed by atoms with Crippen molar-refractivity contribution in [2.24, 2.45) is 5.41 Å². The van der Waals surface area contributed by atoms with Crippen LogP contribution in [0.1, 0.15) is 112 Å². The number of alkyl halides is 6. The number of Topliss-reactive ketones (excluding diaryl/α,β-unsaturated/α-hetero) is 1. The molecule has 8 aromatic carbocycles. The van der Waals surface area contributed by atoms with Crippen LogP contribution in [0.4, 0.5) is 61.0 Å². The van der Waals surface area contributed by atoms with Crippen molar-refractivity contribution in [3.05, 3.63) is 240 Å². The average molecular weight is 1840 g/mol. The lowest BCUT2D eigenvalue weighted by molar-refractivity contribution is -0.140. The molecular formula is C77H83BrF10N6O16S7. The van der Waals surface area contributed by atoms with Gasteiger partial charge in [0.25, 0.3) is 17.7 Å². The molecule has 3 amide bonds. The summed E-state index contributed by atoms with van der Waals surface area (Å²) in [5.41, 5.74) is 0.144. The Labute approximate surface area is 699 Å². The molecule has 4 aliphatic rings. The number of hydrogen-bond donors (Lipinski definition) is 6. The fraction of sp³-hybridized carbons (Fsp3) is 0.325. The summed E-state index contributed by atoms with van der Waals surface area (Å²) in [7, 11) is -15.6. The molecule has 4 saturated heterocycles. The predicted octanol–water partition coefficient (Wildman–Crippen LogP) is 14.2. The maximum atomic E-state index is 14.0. The van der Waals surface area contributed by atoms with Gasteiger partial charge in [0.1, 0.15) is 23.3 Å². The standard InChI is InChI=1S/C20H19F4NO4S.C20H21F3N2O4S.C19H19F2NO4S.C18H18BrFN2O4S.3H2S/c1-12-3-5-14(30(27,28)11-19(2)9-29-10-19)8-15(12)18(26)25-13-4-6-17(21)16(7-13)20(22,23)24;1-12-3-4-14(9-13(12)2)24-19(26)17-10-16(5-6-18(17)20(21,22)23)30(27,28)25-15-7-8-29-11-15;1-12-6-13(2-3-18(12)21)7-19(23)14-8-15(20)10-17(9-14)27(24,25)22-16-4-5-26-11-16;1-11-8-12(2-5-17(11)20)21-18(23)15-9-14(3-4-16(15)19)27(24,25)22-13-6-7-26-10-13;;;/h3-8H,9-11H2,1-2H3,(H,25,26);3-6,9-10,15,25H,7-8,11H2,1-2H3,(H,24,26);2-3,6,8-10,16,22H,4-5,7,11H2,1H3;2-5,8-9,13,22H,6-7,10H2,1H3,(H,21,23);3*1H2/t;15-;16-;13-;;;/m.000.../s1. The first-order valence-corrected chi connectivity index (χ1v) is 41.6. The number of nitrogens with one attached hydrogen (secondary N) is 6. The van der Waals surface area contributed by atoms with Gasteiger partial charge >= 0.3 is 12.4 Å². The summed E-state index contributed by atoms with van der Waals surface area (Å²) in [6.07, 6.45) is -8.24. The third-order valence-electron chi connectivity index (χ3n) is 18.2. The fourth-order valence-electron chi connectivity index (χ4n) is 11.8. The van der Waals surface area contributed by atoms with Gasteiger partial charge in [0, 0.05) is 82.4 Å². The second kappa shape index (κ2) is 41.0. The molecule has 0 bridgehead atoms. The van der Waals surface area contributed by atoms with Crippen LogP contribution in [0, 0.1) is 63.3 Å². The molecule has 0 radical (unpaired) electrons. The summed E-state index contributed by atoms with van der Waals surface area (Å²) in [5.74, 6) is -6.00. The van der Waals surface area contributed by atoms with E-state index in [1.54, 1.807) is 52.8 Å². The Morgan fingerprint density at radius 1 is 0.436 bits per heavy atom. The van der Waals surface area contributed by atoms with Crippen molar-refractivity contribution in [2.75, 3.05) is 74.6 Å². The molecule has 4 heterocycles. The summed E-state index contributed by atoms with van der Waals surface area (Å²) in [5, 5.41) is 7.33. The quantitative estimate of drug-likeness (QED) is 0.0288. The zero-order valence-electron chi connectivity index (χ0n) is 63.1. The van der Waals surface area contributed by atoms with E-state index in [4.69, 9.17) is 18.9 Å². The smallest absolute Gasteiger partial charge is 0.380 e. The topological polar surface area (TPSA) is 314 Å². The first-order valence-electron chi connectivity index (χ1n) is 34.7. The highest BCUT2D eigenvalue weighted by Crippen LogP contribution is 2.37. The van der Waals surface area contributed by atoms with E-state index >= 15 is 0 Å². The third-order valence-corrected chi connectivity index (χ3v) is 25.4. The van der Waals surface area contributed by atoms with Crippen LogP contribution in [0.15, 0.2) is 170 Å². The molecule has 0 spiro atoms. The Hall–Kier alpha value is -7.81. The zero-order valence-corrected chi connectivity index (χ0v) is 71.0. The van der Waals surface area contributed by atoms with Crippen LogP contribution in [0.5, 0.6) is 0 Å². The normalized spacial score (nSPS) is 16.4. The minimum Gasteiger partial charge on any atom is -0.380 e. The highest BCUT2D eigenvalue weighted by Gasteiger charge is 2.40. The lowest BCUT2D eigenvalue weighted by Crippen LogP contribution is -2.45. The summed E-state index contributed by atoms with van der Waals surface area (Å²) >= 11 is 3.27. The van der Waals surface area contributed by atoms with E-state index in [1.807, 2.05) is 6.92 Å². The molecule has 6 N–H and O–H groups in total. The molecule has 117 heavy (non-hydrogen) atoms. The number of hydrogen-bond acceptors (Lipinski definition) is 16. The van der Waals surface area contributed by atoms with Crippen molar-refractivity contribution in [2.45, 2.75) is 117 Å². The van der Waals surface area contributed by atoms with Crippen molar-refractivity contribution in [1.82, 2.24) is 14.2 Å². The van der Waals surface area contributed by atoms with Gasteiger partial charge in [-0.05, 0) is 225 Å².